The van der Waals surface area contributed by atoms with Crippen LogP contribution in [0.5, 0.6) is 0 Å². The molecule has 0 aliphatic rings. The number of anilines is 1. The Kier molecular flexibility index (Phi) is 7.16. The largest absolute Gasteiger partial charge is 0.381 e. The van der Waals surface area contributed by atoms with Crippen molar-refractivity contribution in [1.82, 2.24) is 24.1 Å². The second kappa shape index (κ2) is 11.0. The Morgan fingerprint density at radius 2 is 1.87 bits per heavy atom. The number of amides is 1. The zero-order valence-corrected chi connectivity index (χ0v) is 21.7. The van der Waals surface area contributed by atoms with Crippen LogP contribution in [-0.2, 0) is 6.42 Å². The number of carbonyl (C=O) groups is 1. The first kappa shape index (κ1) is 25.4. The Hall–Kier alpha value is -5.27. The fraction of sp³-hybridized carbons (Fsp3) is 0.0690. The second-order valence-electron chi connectivity index (χ2n) is 8.37. The molecule has 1 amide bonds. The maximum atomic E-state index is 13.4. The first-order valence-corrected chi connectivity index (χ1v) is 12.9. The van der Waals surface area contributed by atoms with Crippen molar-refractivity contribution in [1.29, 1.82) is 0 Å². The SMILES string of the molecule is CCc1cc2cccc(C#Cc3cscn3)c2c(=O)n1-c1ccccc1.NC(=O)c1c(N)nn2cccnc12. The molecule has 2 aromatic carbocycles. The quantitative estimate of drug-likeness (QED) is 0.332. The third-order valence-corrected chi connectivity index (χ3v) is 6.51. The van der Waals surface area contributed by atoms with Gasteiger partial charge in [-0.2, -0.15) is 0 Å². The highest BCUT2D eigenvalue weighted by molar-refractivity contribution is 7.07. The van der Waals surface area contributed by atoms with E-state index in [1.807, 2.05) is 53.9 Å². The van der Waals surface area contributed by atoms with Crippen LogP contribution < -0.4 is 17.0 Å². The van der Waals surface area contributed by atoms with Gasteiger partial charge in [0.15, 0.2) is 11.5 Å². The van der Waals surface area contributed by atoms with E-state index >= 15 is 0 Å². The third-order valence-electron chi connectivity index (χ3n) is 5.93. The van der Waals surface area contributed by atoms with Crippen LogP contribution in [0.4, 0.5) is 5.82 Å². The number of benzene rings is 2. The number of carbonyl (C=O) groups excluding carboxylic acids is 1. The topological polar surface area (TPSA) is 134 Å². The van der Waals surface area contributed by atoms with Gasteiger partial charge >= 0.3 is 0 Å². The third kappa shape index (κ3) is 5.12. The van der Waals surface area contributed by atoms with Gasteiger partial charge in [-0.05, 0) is 48.1 Å². The van der Waals surface area contributed by atoms with Crippen LogP contribution in [0, 0.1) is 11.8 Å². The number of nitrogens with zero attached hydrogens (tertiary/aromatic N) is 5. The predicted molar refractivity (Wildman–Crippen MR) is 153 cm³/mol. The molecule has 0 bridgehead atoms. The van der Waals surface area contributed by atoms with Crippen molar-refractivity contribution in [2.75, 3.05) is 5.73 Å². The van der Waals surface area contributed by atoms with E-state index in [2.05, 4.69) is 39.9 Å². The summed E-state index contributed by atoms with van der Waals surface area (Å²) in [5.74, 6) is 5.66. The molecule has 192 valence electrons. The maximum absolute atomic E-state index is 13.4. The lowest BCUT2D eigenvalue weighted by molar-refractivity contribution is 0.100. The molecule has 0 unspecified atom stereocenters. The van der Waals surface area contributed by atoms with E-state index in [1.165, 1.54) is 15.9 Å². The lowest BCUT2D eigenvalue weighted by atomic mass is 10.0. The molecule has 0 spiro atoms. The van der Waals surface area contributed by atoms with Gasteiger partial charge in [0.25, 0.3) is 11.5 Å². The maximum Gasteiger partial charge on any atom is 0.264 e. The van der Waals surface area contributed by atoms with Crippen LogP contribution in [0.3, 0.4) is 0 Å². The van der Waals surface area contributed by atoms with Crippen molar-refractivity contribution in [2.45, 2.75) is 13.3 Å². The summed E-state index contributed by atoms with van der Waals surface area (Å²) in [5.41, 5.74) is 16.2. The number of hydrogen-bond acceptors (Lipinski definition) is 7. The number of thiazole rings is 1. The molecule has 0 radical (unpaired) electrons. The average molecular weight is 534 g/mol. The van der Waals surface area contributed by atoms with E-state index < -0.39 is 5.91 Å². The van der Waals surface area contributed by atoms with Crippen molar-refractivity contribution in [3.8, 4) is 17.5 Å². The second-order valence-corrected chi connectivity index (χ2v) is 9.09. The van der Waals surface area contributed by atoms with E-state index in [0.717, 1.165) is 34.4 Å². The van der Waals surface area contributed by atoms with Crippen LogP contribution in [-0.4, -0.2) is 30.1 Å². The molecule has 0 fully saturated rings. The number of nitrogens with two attached hydrogens (primary N) is 2. The zero-order valence-electron chi connectivity index (χ0n) is 20.9. The van der Waals surface area contributed by atoms with Crippen LogP contribution in [0.2, 0.25) is 0 Å². The van der Waals surface area contributed by atoms with Gasteiger partial charge in [0.2, 0.25) is 0 Å². The van der Waals surface area contributed by atoms with Gasteiger partial charge in [-0.3, -0.25) is 14.2 Å². The summed E-state index contributed by atoms with van der Waals surface area (Å²) in [7, 11) is 0. The van der Waals surface area contributed by atoms with Crippen molar-refractivity contribution >= 4 is 39.5 Å². The van der Waals surface area contributed by atoms with Gasteiger partial charge in [0.05, 0.1) is 10.9 Å². The number of rotatable bonds is 3. The van der Waals surface area contributed by atoms with Gasteiger partial charge in [0.1, 0.15) is 11.3 Å². The molecule has 0 saturated carbocycles. The number of hydrogen-bond donors (Lipinski definition) is 2. The van der Waals surface area contributed by atoms with E-state index in [9.17, 15) is 9.59 Å². The number of para-hydroxylation sites is 1. The Labute approximate surface area is 227 Å². The first-order chi connectivity index (χ1) is 19.0. The normalized spacial score (nSPS) is 10.5. The molecule has 0 atom stereocenters. The summed E-state index contributed by atoms with van der Waals surface area (Å²) < 4.78 is 3.20. The Morgan fingerprint density at radius 1 is 1.05 bits per heavy atom. The molecular weight excluding hydrogens is 510 g/mol. The standard InChI is InChI=1S/C22H16N2OS.C7H7N5O/c1-2-19-13-17-8-6-7-16(11-12-18-14-26-15-23-18)21(17)22(25)24(19)20-9-4-3-5-10-20;8-5-4(6(9)13)7-10-2-1-3-12(7)11-5/h3-10,13-15H,2H2,1H3;1-3H,(H2,8,11)(H2,9,13). The Balaban J connectivity index is 0.000000198. The van der Waals surface area contributed by atoms with Gasteiger partial charge in [-0.15, -0.1) is 16.4 Å². The highest BCUT2D eigenvalue weighted by atomic mass is 32.1. The predicted octanol–water partition coefficient (Wildman–Crippen LogP) is 3.82. The molecule has 4 aromatic heterocycles. The van der Waals surface area contributed by atoms with Crippen molar-refractivity contribution in [3.05, 3.63) is 117 Å². The number of fused-ring (bicyclic) bond motifs is 2. The number of nitrogen functional groups attached to an aromatic ring is 1. The number of primary amides is 1. The smallest absolute Gasteiger partial charge is 0.264 e. The minimum absolute atomic E-state index is 0.0336. The minimum atomic E-state index is -0.619. The molecule has 39 heavy (non-hydrogen) atoms. The van der Waals surface area contributed by atoms with E-state index in [-0.39, 0.29) is 16.9 Å². The van der Waals surface area contributed by atoms with Crippen LogP contribution >= 0.6 is 11.3 Å². The van der Waals surface area contributed by atoms with Gasteiger partial charge < -0.3 is 11.5 Å². The highest BCUT2D eigenvalue weighted by Gasteiger charge is 2.15. The van der Waals surface area contributed by atoms with Gasteiger partial charge in [-0.1, -0.05) is 43.2 Å². The molecule has 6 aromatic rings. The van der Waals surface area contributed by atoms with E-state index in [1.54, 1.807) is 28.5 Å². The minimum Gasteiger partial charge on any atom is -0.381 e. The Morgan fingerprint density at radius 3 is 2.59 bits per heavy atom. The van der Waals surface area contributed by atoms with Crippen molar-refractivity contribution in [3.63, 3.8) is 0 Å². The van der Waals surface area contributed by atoms with Gasteiger partial charge in [-0.25, -0.2) is 14.5 Å². The number of aromatic nitrogens is 5. The van der Waals surface area contributed by atoms with Gasteiger partial charge in [0, 0.05) is 34.7 Å². The summed E-state index contributed by atoms with van der Waals surface area (Å²) in [6.07, 6.45) is 3.96. The molecule has 4 N–H and O–H groups in total. The summed E-state index contributed by atoms with van der Waals surface area (Å²) in [4.78, 5) is 32.4. The average Bonchev–Trinajstić information content (AvgIpc) is 3.59. The lowest BCUT2D eigenvalue weighted by Gasteiger charge is -2.14. The Bertz CT molecular complexity index is 1910. The molecule has 0 aliphatic carbocycles. The molecule has 0 aliphatic heterocycles. The van der Waals surface area contributed by atoms with Crippen LogP contribution in [0.15, 0.2) is 88.7 Å². The van der Waals surface area contributed by atoms with E-state index in [0.29, 0.717) is 11.0 Å². The number of aryl methyl sites for hydroxylation is 1. The van der Waals surface area contributed by atoms with Crippen LogP contribution in [0.1, 0.15) is 34.2 Å². The highest BCUT2D eigenvalue weighted by Crippen LogP contribution is 2.20. The molecular formula is C29H23N7O2S. The van der Waals surface area contributed by atoms with E-state index in [4.69, 9.17) is 11.5 Å². The van der Waals surface area contributed by atoms with Crippen molar-refractivity contribution < 1.29 is 4.79 Å². The molecule has 4 heterocycles. The summed E-state index contributed by atoms with van der Waals surface area (Å²) in [6, 6.07) is 19.3. The summed E-state index contributed by atoms with van der Waals surface area (Å²) in [5, 5.41) is 7.33. The summed E-state index contributed by atoms with van der Waals surface area (Å²) in [6.45, 7) is 2.06. The number of pyridine rings is 1. The van der Waals surface area contributed by atoms with Crippen LogP contribution in [0.25, 0.3) is 22.1 Å². The molecule has 6 rings (SSSR count). The molecule has 9 nitrogen and oxygen atoms in total. The fourth-order valence-corrected chi connectivity index (χ4v) is 4.67. The fourth-order valence-electron chi connectivity index (χ4n) is 4.19. The molecule has 10 heteroatoms. The monoisotopic (exact) mass is 533 g/mol. The first-order valence-electron chi connectivity index (χ1n) is 12.0. The molecule has 0 saturated heterocycles. The van der Waals surface area contributed by atoms with Crippen molar-refractivity contribution in [2.24, 2.45) is 5.73 Å². The summed E-state index contributed by atoms with van der Waals surface area (Å²) >= 11 is 1.51. The zero-order chi connectivity index (χ0) is 27.4. The lowest BCUT2D eigenvalue weighted by Crippen LogP contribution is -2.22.